The van der Waals surface area contributed by atoms with E-state index >= 15 is 0 Å². The quantitative estimate of drug-likeness (QED) is 0.756. The minimum absolute atomic E-state index is 0.156. The second kappa shape index (κ2) is 2.95. The van der Waals surface area contributed by atoms with E-state index in [1.54, 1.807) is 6.92 Å². The molecule has 76 valence electrons. The van der Waals surface area contributed by atoms with E-state index in [9.17, 15) is 9.50 Å². The highest BCUT2D eigenvalue weighted by molar-refractivity contribution is 5.47. The highest BCUT2D eigenvalue weighted by Crippen LogP contribution is 2.50. The fourth-order valence-electron chi connectivity index (χ4n) is 1.87. The highest BCUT2D eigenvalue weighted by Gasteiger charge is 2.45. The lowest BCUT2D eigenvalue weighted by atomic mass is 9.93. The van der Waals surface area contributed by atoms with Crippen molar-refractivity contribution in [3.8, 4) is 5.75 Å². The molecule has 0 radical (unpaired) electrons. The number of phenolic OH excluding ortho intramolecular Hbond substituents is 1. The van der Waals surface area contributed by atoms with Crippen LogP contribution in [0, 0.1) is 12.7 Å². The van der Waals surface area contributed by atoms with Gasteiger partial charge in [0.25, 0.3) is 0 Å². The molecule has 1 aromatic carbocycles. The predicted octanol–water partition coefficient (Wildman–Crippen LogP) is 1.83. The lowest BCUT2D eigenvalue weighted by molar-refractivity contribution is 0.451. The van der Waals surface area contributed by atoms with Crippen LogP contribution in [-0.2, 0) is 5.41 Å². The lowest BCUT2D eigenvalue weighted by Crippen LogP contribution is -2.20. The summed E-state index contributed by atoms with van der Waals surface area (Å²) in [4.78, 5) is 0. The summed E-state index contributed by atoms with van der Waals surface area (Å²) >= 11 is 0. The topological polar surface area (TPSA) is 46.2 Å². The summed E-state index contributed by atoms with van der Waals surface area (Å²) in [6.45, 7) is 2.18. The fourth-order valence-corrected chi connectivity index (χ4v) is 1.87. The number of aryl methyl sites for hydroxylation is 1. The van der Waals surface area contributed by atoms with E-state index in [0.29, 0.717) is 17.7 Å². The van der Waals surface area contributed by atoms with E-state index in [-0.39, 0.29) is 17.0 Å². The lowest BCUT2D eigenvalue weighted by Gasteiger charge is -2.16. The van der Waals surface area contributed by atoms with Crippen LogP contribution in [0.3, 0.4) is 0 Å². The smallest absolute Gasteiger partial charge is 0.124 e. The molecule has 1 aromatic rings. The van der Waals surface area contributed by atoms with Gasteiger partial charge < -0.3 is 10.8 Å². The van der Waals surface area contributed by atoms with Gasteiger partial charge in [-0.1, -0.05) is 0 Å². The molecule has 2 rings (SSSR count). The Morgan fingerprint density at radius 1 is 1.50 bits per heavy atom. The van der Waals surface area contributed by atoms with Crippen molar-refractivity contribution in [3.05, 3.63) is 29.1 Å². The summed E-state index contributed by atoms with van der Waals surface area (Å²) < 4.78 is 13.2. The Balaban J connectivity index is 2.52. The van der Waals surface area contributed by atoms with Crippen molar-refractivity contribution in [2.24, 2.45) is 5.73 Å². The van der Waals surface area contributed by atoms with Crippen molar-refractivity contribution in [3.63, 3.8) is 0 Å². The third kappa shape index (κ3) is 1.28. The molecular weight excluding hydrogens is 181 g/mol. The number of halogens is 1. The molecule has 1 fully saturated rings. The molecule has 0 aliphatic heterocycles. The molecule has 3 N–H and O–H groups in total. The molecule has 0 atom stereocenters. The average Bonchev–Trinajstić information content (AvgIpc) is 2.92. The van der Waals surface area contributed by atoms with Gasteiger partial charge in [-0.3, -0.25) is 0 Å². The van der Waals surface area contributed by atoms with Crippen LogP contribution >= 0.6 is 0 Å². The zero-order chi connectivity index (χ0) is 10.3. The minimum Gasteiger partial charge on any atom is -0.507 e. The average molecular weight is 195 g/mol. The number of phenols is 1. The van der Waals surface area contributed by atoms with E-state index in [1.165, 1.54) is 12.1 Å². The van der Waals surface area contributed by atoms with Gasteiger partial charge in [-0.05, 0) is 37.5 Å². The van der Waals surface area contributed by atoms with Gasteiger partial charge in [0, 0.05) is 17.5 Å². The Kier molecular flexibility index (Phi) is 2.00. The van der Waals surface area contributed by atoms with Crippen molar-refractivity contribution in [2.45, 2.75) is 25.2 Å². The molecule has 0 aromatic heterocycles. The van der Waals surface area contributed by atoms with Gasteiger partial charge in [-0.2, -0.15) is 0 Å². The third-order valence-electron chi connectivity index (χ3n) is 3.08. The van der Waals surface area contributed by atoms with Crippen LogP contribution in [0.4, 0.5) is 4.39 Å². The fraction of sp³-hybridized carbons (Fsp3) is 0.455. The number of hydrogen-bond donors (Lipinski definition) is 2. The standard InChI is InChI=1S/C11H14FNO/c1-7-4-8(12)5-9(10(7)14)11(6-13)2-3-11/h4-5,14H,2-3,6,13H2,1H3. The van der Waals surface area contributed by atoms with Crippen LogP contribution in [0.1, 0.15) is 24.0 Å². The maximum Gasteiger partial charge on any atom is 0.124 e. The summed E-state index contributed by atoms with van der Waals surface area (Å²) in [5, 5.41) is 9.81. The number of nitrogens with two attached hydrogens (primary N) is 1. The van der Waals surface area contributed by atoms with E-state index in [0.717, 1.165) is 12.8 Å². The van der Waals surface area contributed by atoms with Gasteiger partial charge in [0.2, 0.25) is 0 Å². The first-order valence-corrected chi connectivity index (χ1v) is 4.79. The van der Waals surface area contributed by atoms with E-state index in [4.69, 9.17) is 5.73 Å². The normalized spacial score (nSPS) is 18.2. The Labute approximate surface area is 82.5 Å². The molecule has 0 bridgehead atoms. The zero-order valence-corrected chi connectivity index (χ0v) is 8.18. The molecule has 0 spiro atoms. The Bertz CT molecular complexity index is 372. The SMILES string of the molecule is Cc1cc(F)cc(C2(CN)CC2)c1O. The third-order valence-corrected chi connectivity index (χ3v) is 3.08. The summed E-state index contributed by atoms with van der Waals surface area (Å²) in [6, 6.07) is 2.74. The molecule has 0 amide bonds. The van der Waals surface area contributed by atoms with Gasteiger partial charge in [0.05, 0.1) is 0 Å². The molecule has 0 heterocycles. The van der Waals surface area contributed by atoms with Gasteiger partial charge in [0.1, 0.15) is 11.6 Å². The maximum absolute atomic E-state index is 13.2. The molecule has 0 unspecified atom stereocenters. The monoisotopic (exact) mass is 195 g/mol. The summed E-state index contributed by atoms with van der Waals surface area (Å²) in [5.41, 5.74) is 6.74. The number of rotatable bonds is 2. The molecule has 14 heavy (non-hydrogen) atoms. The Morgan fingerprint density at radius 2 is 2.14 bits per heavy atom. The molecule has 2 nitrogen and oxygen atoms in total. The second-order valence-corrected chi connectivity index (χ2v) is 4.10. The Morgan fingerprint density at radius 3 is 2.64 bits per heavy atom. The largest absolute Gasteiger partial charge is 0.507 e. The number of aromatic hydroxyl groups is 1. The Hall–Kier alpha value is -1.09. The van der Waals surface area contributed by atoms with Crippen LogP contribution in [-0.4, -0.2) is 11.7 Å². The first-order chi connectivity index (χ1) is 6.59. The highest BCUT2D eigenvalue weighted by atomic mass is 19.1. The van der Waals surface area contributed by atoms with Crippen LogP contribution in [0.25, 0.3) is 0 Å². The van der Waals surface area contributed by atoms with Crippen molar-refractivity contribution in [1.29, 1.82) is 0 Å². The predicted molar refractivity (Wildman–Crippen MR) is 52.8 cm³/mol. The zero-order valence-electron chi connectivity index (χ0n) is 8.18. The maximum atomic E-state index is 13.2. The number of benzene rings is 1. The van der Waals surface area contributed by atoms with E-state index < -0.39 is 0 Å². The molecule has 1 aliphatic rings. The number of hydrogen-bond acceptors (Lipinski definition) is 2. The molecule has 3 heteroatoms. The van der Waals surface area contributed by atoms with Crippen LogP contribution in [0.2, 0.25) is 0 Å². The van der Waals surface area contributed by atoms with Crippen LogP contribution in [0.15, 0.2) is 12.1 Å². The first-order valence-electron chi connectivity index (χ1n) is 4.79. The van der Waals surface area contributed by atoms with E-state index in [1.807, 2.05) is 0 Å². The van der Waals surface area contributed by atoms with Crippen molar-refractivity contribution >= 4 is 0 Å². The van der Waals surface area contributed by atoms with Crippen LogP contribution in [0.5, 0.6) is 5.75 Å². The summed E-state index contributed by atoms with van der Waals surface area (Å²) in [5.74, 6) is -0.0932. The molecule has 0 saturated heterocycles. The van der Waals surface area contributed by atoms with Crippen molar-refractivity contribution in [2.75, 3.05) is 6.54 Å². The van der Waals surface area contributed by atoms with Gasteiger partial charge in [0.15, 0.2) is 0 Å². The van der Waals surface area contributed by atoms with Crippen LogP contribution < -0.4 is 5.73 Å². The van der Waals surface area contributed by atoms with E-state index in [2.05, 4.69) is 0 Å². The summed E-state index contributed by atoms with van der Waals surface area (Å²) in [7, 11) is 0. The molecule has 1 aliphatic carbocycles. The minimum atomic E-state index is -0.296. The summed E-state index contributed by atoms with van der Waals surface area (Å²) in [6.07, 6.45) is 1.89. The van der Waals surface area contributed by atoms with Gasteiger partial charge in [-0.15, -0.1) is 0 Å². The van der Waals surface area contributed by atoms with Gasteiger partial charge >= 0.3 is 0 Å². The van der Waals surface area contributed by atoms with Crippen molar-refractivity contribution < 1.29 is 9.50 Å². The van der Waals surface area contributed by atoms with Gasteiger partial charge in [-0.25, -0.2) is 4.39 Å². The van der Waals surface area contributed by atoms with Crippen molar-refractivity contribution in [1.82, 2.24) is 0 Å². The first kappa shape index (κ1) is 9.46. The second-order valence-electron chi connectivity index (χ2n) is 4.10. The molecular formula is C11H14FNO. The molecule has 1 saturated carbocycles.